The number of phosphoric ester groups is 1. The zero-order chi connectivity index (χ0) is 64.9. The minimum absolute atomic E-state index is 0.0396. The average molecular weight is 1270 g/mol. The summed E-state index contributed by atoms with van der Waals surface area (Å²) in [7, 11) is 1.50. The molecule has 0 fully saturated rings. The van der Waals surface area contributed by atoms with Gasteiger partial charge < -0.3 is 19.4 Å². The lowest BCUT2D eigenvalue weighted by atomic mass is 10.0. The van der Waals surface area contributed by atoms with E-state index in [-0.39, 0.29) is 25.1 Å². The first-order valence-corrected chi connectivity index (χ1v) is 39.8. The second-order valence-corrected chi connectivity index (χ2v) is 28.6. The Labute approximate surface area is 553 Å². The number of allylic oxidation sites excluding steroid dienone is 11. The van der Waals surface area contributed by atoms with E-state index >= 15 is 0 Å². The van der Waals surface area contributed by atoms with Crippen molar-refractivity contribution in [2.24, 2.45) is 0 Å². The summed E-state index contributed by atoms with van der Waals surface area (Å²) >= 11 is 0. The van der Waals surface area contributed by atoms with Gasteiger partial charge >= 0.3 is 13.8 Å². The first kappa shape index (κ1) is 86.5. The summed E-state index contributed by atoms with van der Waals surface area (Å²) in [5, 5.41) is 3.08. The summed E-state index contributed by atoms with van der Waals surface area (Å²) in [6.07, 6.45) is 90.8. The molecule has 0 bridgehead atoms. The molecule has 89 heavy (non-hydrogen) atoms. The Hall–Kier alpha value is -2.55. The Kier molecular flexibility index (Phi) is 66.4. The third-order valence-electron chi connectivity index (χ3n) is 17.2. The van der Waals surface area contributed by atoms with Crippen molar-refractivity contribution >= 4 is 19.7 Å². The van der Waals surface area contributed by atoms with E-state index in [9.17, 15) is 19.0 Å². The minimum Gasteiger partial charge on any atom is -0.456 e. The molecule has 3 atom stereocenters. The number of esters is 1. The van der Waals surface area contributed by atoms with E-state index in [0.717, 1.165) is 89.9 Å². The van der Waals surface area contributed by atoms with Crippen LogP contribution in [0, 0.1) is 0 Å². The van der Waals surface area contributed by atoms with Crippen molar-refractivity contribution in [3.05, 3.63) is 72.9 Å². The first-order chi connectivity index (χ1) is 43.4. The molecule has 0 aliphatic carbocycles. The fourth-order valence-corrected chi connectivity index (χ4v) is 12.1. The van der Waals surface area contributed by atoms with E-state index in [0.29, 0.717) is 23.9 Å². The van der Waals surface area contributed by atoms with Gasteiger partial charge in [-0.3, -0.25) is 18.6 Å². The second kappa shape index (κ2) is 68.3. The van der Waals surface area contributed by atoms with Gasteiger partial charge in [-0.15, -0.1) is 0 Å². The molecule has 520 valence electrons. The number of rotatable bonds is 70. The van der Waals surface area contributed by atoms with Gasteiger partial charge in [0.15, 0.2) is 0 Å². The van der Waals surface area contributed by atoms with Crippen molar-refractivity contribution < 1.29 is 37.3 Å². The second-order valence-electron chi connectivity index (χ2n) is 27.2. The monoisotopic (exact) mass is 1270 g/mol. The molecule has 0 aromatic rings. The molecule has 0 aromatic carbocycles. The smallest absolute Gasteiger partial charge is 0.456 e. The van der Waals surface area contributed by atoms with Gasteiger partial charge in [0.1, 0.15) is 19.3 Å². The lowest BCUT2D eigenvalue weighted by Crippen LogP contribution is -2.47. The van der Waals surface area contributed by atoms with Crippen LogP contribution >= 0.6 is 7.82 Å². The van der Waals surface area contributed by atoms with Gasteiger partial charge in [0, 0.05) is 12.8 Å². The largest absolute Gasteiger partial charge is 0.472 e. The number of hydrogen-bond acceptors (Lipinski definition) is 6. The fourth-order valence-electron chi connectivity index (χ4n) is 11.3. The number of ether oxygens (including phenoxy) is 1. The van der Waals surface area contributed by atoms with Gasteiger partial charge in [-0.05, 0) is 76.7 Å². The predicted molar refractivity (Wildman–Crippen MR) is 388 cm³/mol. The average Bonchev–Trinajstić information content (AvgIpc) is 3.70. The van der Waals surface area contributed by atoms with Crippen LogP contribution in [0.1, 0.15) is 367 Å². The van der Waals surface area contributed by atoms with E-state index in [1.54, 1.807) is 0 Å². The summed E-state index contributed by atoms with van der Waals surface area (Å²) in [6, 6.07) is -0.851. The van der Waals surface area contributed by atoms with E-state index in [1.165, 1.54) is 244 Å². The lowest BCUT2D eigenvalue weighted by Gasteiger charge is -2.27. The lowest BCUT2D eigenvalue weighted by molar-refractivity contribution is -0.870. The Morgan fingerprint density at radius 1 is 0.404 bits per heavy atom. The topological polar surface area (TPSA) is 111 Å². The summed E-state index contributed by atoms with van der Waals surface area (Å²) in [4.78, 5) is 38.0. The number of phosphoric acid groups is 1. The normalized spacial score (nSPS) is 13.8. The zero-order valence-corrected chi connectivity index (χ0v) is 60.6. The minimum atomic E-state index is -4.46. The van der Waals surface area contributed by atoms with Crippen LogP contribution in [0.15, 0.2) is 72.9 Å². The highest BCUT2D eigenvalue weighted by Gasteiger charge is 2.30. The molecule has 0 saturated carbocycles. The van der Waals surface area contributed by atoms with Gasteiger partial charge in [0.25, 0.3) is 0 Å². The van der Waals surface area contributed by atoms with Crippen molar-refractivity contribution in [2.45, 2.75) is 380 Å². The van der Waals surface area contributed by atoms with Gasteiger partial charge in [0.2, 0.25) is 5.91 Å². The molecule has 1 amide bonds. The maximum absolute atomic E-state index is 13.6. The Morgan fingerprint density at radius 2 is 0.719 bits per heavy atom. The van der Waals surface area contributed by atoms with Crippen LogP contribution in [0.5, 0.6) is 0 Å². The van der Waals surface area contributed by atoms with Crippen molar-refractivity contribution in [1.82, 2.24) is 5.32 Å². The number of quaternary nitrogens is 1. The van der Waals surface area contributed by atoms with E-state index in [4.69, 9.17) is 13.8 Å². The molecule has 0 rings (SSSR count). The molecule has 2 N–H and O–H groups in total. The third-order valence-corrected chi connectivity index (χ3v) is 18.1. The molecule has 0 heterocycles. The highest BCUT2D eigenvalue weighted by Crippen LogP contribution is 2.43. The maximum Gasteiger partial charge on any atom is 0.472 e. The van der Waals surface area contributed by atoms with E-state index in [1.807, 2.05) is 33.3 Å². The zero-order valence-electron chi connectivity index (χ0n) is 59.7. The highest BCUT2D eigenvalue weighted by molar-refractivity contribution is 7.47. The first-order valence-electron chi connectivity index (χ1n) is 38.3. The number of nitrogens with zero attached hydrogens (tertiary/aromatic N) is 1. The van der Waals surface area contributed by atoms with Crippen LogP contribution < -0.4 is 5.32 Å². The third kappa shape index (κ3) is 69.6. The summed E-state index contributed by atoms with van der Waals surface area (Å²) in [5.41, 5.74) is 0. The van der Waals surface area contributed by atoms with Crippen LogP contribution in [0.3, 0.4) is 0 Å². The fraction of sp³-hybridized carbons (Fsp3) is 0.823. The van der Waals surface area contributed by atoms with Crippen molar-refractivity contribution in [1.29, 1.82) is 0 Å². The number of carbonyl (C=O) groups is 2. The summed E-state index contributed by atoms with van der Waals surface area (Å²) in [6.45, 7) is 6.95. The highest BCUT2D eigenvalue weighted by atomic mass is 31.2. The predicted octanol–water partition coefficient (Wildman–Crippen LogP) is 24.7. The Morgan fingerprint density at radius 3 is 1.08 bits per heavy atom. The summed E-state index contributed by atoms with van der Waals surface area (Å²) < 4.78 is 30.9. The van der Waals surface area contributed by atoms with Gasteiger partial charge in [-0.25, -0.2) is 4.57 Å². The standard InChI is InChI=1S/C79H147N2O7P/c1-7-10-13-16-19-22-25-27-29-31-33-35-37-39-40-42-43-45-47-49-51-53-56-59-62-65-68-71-78(82)80-76(75-87-89(84,85)86-74-73-81(4,5)6)77(70-67-64-61-58-55-24-21-18-15-12-9-3)88-79(83)72-69-66-63-60-57-54-52-50-48-46-44-41-38-36-34-32-30-28-26-23-20-17-14-11-8-2/h10,13,19,22,27,29,33,35,39-40,67,70,76-77H,7-9,11-12,14-18,20-21,23-26,28,30-32,34,36-38,41-66,68-69,71-75H2,1-6H3,(H-,80,82,84,85)/p+1/b13-10-,22-19-,29-27-,35-33-,40-39-,70-67+. The molecule has 0 aliphatic rings. The quantitative estimate of drug-likeness (QED) is 0.0205. The van der Waals surface area contributed by atoms with E-state index in [2.05, 4.69) is 86.8 Å². The van der Waals surface area contributed by atoms with Crippen LogP contribution in [0.2, 0.25) is 0 Å². The number of hydrogen-bond donors (Lipinski definition) is 2. The SMILES string of the molecule is CC/C=C\C/C=C\C/C=C\C/C=C\C/C=C\CCCCCCCCCCCCCC(=O)NC(COP(=O)(O)OCC[N+](C)(C)C)C(/C=C/CCCCCCCCCCC)OC(=O)CCCCCCCCCCCCCCCCCCCCCCCCCCC. The van der Waals surface area contributed by atoms with Crippen LogP contribution in [0.25, 0.3) is 0 Å². The molecular weight excluding hydrogens is 1120 g/mol. The Balaban J connectivity index is 4.91. The van der Waals surface area contributed by atoms with Crippen molar-refractivity contribution in [3.63, 3.8) is 0 Å². The maximum atomic E-state index is 13.6. The van der Waals surface area contributed by atoms with Gasteiger partial charge in [0.05, 0.1) is 33.8 Å². The number of unbranched alkanes of at least 4 members (excludes halogenated alkanes) is 44. The molecule has 0 saturated heterocycles. The number of likely N-dealkylation sites (N-methyl/N-ethyl adjacent to an activating group) is 1. The molecule has 0 aliphatic heterocycles. The number of nitrogens with one attached hydrogen (secondary N) is 1. The number of carbonyl (C=O) groups excluding carboxylic acids is 2. The molecule has 0 aromatic heterocycles. The van der Waals surface area contributed by atoms with E-state index < -0.39 is 20.0 Å². The molecule has 10 heteroatoms. The molecule has 9 nitrogen and oxygen atoms in total. The van der Waals surface area contributed by atoms with Crippen molar-refractivity contribution in [3.8, 4) is 0 Å². The van der Waals surface area contributed by atoms with Crippen LogP contribution in [-0.4, -0.2) is 74.3 Å². The molecule has 0 spiro atoms. The number of amides is 1. The Bertz CT molecular complexity index is 1750. The van der Waals surface area contributed by atoms with Crippen LogP contribution in [-0.2, 0) is 27.9 Å². The summed E-state index contributed by atoms with van der Waals surface area (Å²) in [5.74, 6) is -0.494. The van der Waals surface area contributed by atoms with Gasteiger partial charge in [-0.1, -0.05) is 351 Å². The van der Waals surface area contributed by atoms with Gasteiger partial charge in [-0.2, -0.15) is 0 Å². The van der Waals surface area contributed by atoms with Crippen LogP contribution in [0.4, 0.5) is 0 Å². The van der Waals surface area contributed by atoms with Crippen molar-refractivity contribution in [2.75, 3.05) is 40.9 Å². The molecular formula is C79H148N2O7P+. The molecule has 3 unspecified atom stereocenters. The molecule has 0 radical (unpaired) electrons.